The van der Waals surface area contributed by atoms with Gasteiger partial charge in [0.15, 0.2) is 5.69 Å². The number of hydrogen-bond acceptors (Lipinski definition) is 3. The maximum atomic E-state index is 13.6. The van der Waals surface area contributed by atoms with E-state index in [-0.39, 0.29) is 16.8 Å². The Bertz CT molecular complexity index is 892. The highest BCUT2D eigenvalue weighted by Crippen LogP contribution is 2.34. The lowest BCUT2D eigenvalue weighted by Crippen LogP contribution is -2.42. The van der Waals surface area contributed by atoms with E-state index in [0.717, 1.165) is 38.3 Å². The van der Waals surface area contributed by atoms with Gasteiger partial charge in [0.05, 0.1) is 24.0 Å². The zero-order chi connectivity index (χ0) is 21.0. The van der Waals surface area contributed by atoms with Crippen LogP contribution in [0.15, 0.2) is 30.5 Å². The molecule has 1 fully saturated rings. The Morgan fingerprint density at radius 1 is 1.21 bits per heavy atom. The van der Waals surface area contributed by atoms with Crippen LogP contribution in [0.5, 0.6) is 0 Å². The van der Waals surface area contributed by atoms with Gasteiger partial charge in [0, 0.05) is 11.1 Å². The average Bonchev–Trinajstić information content (AvgIpc) is 3.13. The molecular weight excluding hydrogens is 409 g/mol. The summed E-state index contributed by atoms with van der Waals surface area (Å²) < 4.78 is 41.5. The van der Waals surface area contributed by atoms with E-state index in [9.17, 15) is 22.8 Å². The SMILES string of the molecule is O=C(CNC(=O)c1cnn(-c2cccc(Cl)c2)c1C(F)(F)F)NC1CCCCC1. The highest BCUT2D eigenvalue weighted by Gasteiger charge is 2.40. The maximum absolute atomic E-state index is 13.6. The van der Waals surface area contributed by atoms with Gasteiger partial charge < -0.3 is 10.6 Å². The standard InChI is InChI=1S/C19H20ClF3N4O2/c20-12-5-4-8-14(9-12)27-17(19(21,22)23)15(10-25-27)18(29)24-11-16(28)26-13-6-2-1-3-7-13/h4-5,8-10,13H,1-3,6-7,11H2,(H,24,29)(H,26,28). The molecule has 0 bridgehead atoms. The predicted octanol–water partition coefficient (Wildman–Crippen LogP) is 3.72. The molecule has 1 aliphatic rings. The average molecular weight is 429 g/mol. The molecule has 0 radical (unpaired) electrons. The highest BCUT2D eigenvalue weighted by atomic mass is 35.5. The Morgan fingerprint density at radius 2 is 1.93 bits per heavy atom. The monoisotopic (exact) mass is 428 g/mol. The molecule has 2 aromatic rings. The number of halogens is 4. The number of hydrogen-bond donors (Lipinski definition) is 2. The van der Waals surface area contributed by atoms with Gasteiger partial charge in [-0.1, -0.05) is 36.9 Å². The molecule has 1 heterocycles. The number of carbonyl (C=O) groups is 2. The summed E-state index contributed by atoms with van der Waals surface area (Å²) in [5.41, 5.74) is -1.83. The summed E-state index contributed by atoms with van der Waals surface area (Å²) in [6, 6.07) is 5.75. The second-order valence-electron chi connectivity index (χ2n) is 6.88. The number of alkyl halides is 3. The van der Waals surface area contributed by atoms with Crippen molar-refractivity contribution in [3.05, 3.63) is 46.7 Å². The van der Waals surface area contributed by atoms with Crippen molar-refractivity contribution in [1.29, 1.82) is 0 Å². The number of carbonyl (C=O) groups excluding carboxylic acids is 2. The Balaban J connectivity index is 1.74. The van der Waals surface area contributed by atoms with Crippen LogP contribution in [0.3, 0.4) is 0 Å². The minimum atomic E-state index is -4.84. The summed E-state index contributed by atoms with van der Waals surface area (Å²) in [7, 11) is 0. The van der Waals surface area contributed by atoms with E-state index in [4.69, 9.17) is 11.6 Å². The van der Waals surface area contributed by atoms with Gasteiger partial charge in [-0.2, -0.15) is 18.3 Å². The molecule has 10 heteroatoms. The molecular formula is C19H20ClF3N4O2. The molecule has 1 saturated carbocycles. The van der Waals surface area contributed by atoms with Gasteiger partial charge >= 0.3 is 6.18 Å². The Hall–Kier alpha value is -2.55. The minimum Gasteiger partial charge on any atom is -0.352 e. The minimum absolute atomic E-state index is 0.0458. The number of nitrogens with one attached hydrogen (secondary N) is 2. The van der Waals surface area contributed by atoms with Crippen LogP contribution in [0.4, 0.5) is 13.2 Å². The largest absolute Gasteiger partial charge is 0.434 e. The summed E-state index contributed by atoms with van der Waals surface area (Å²) in [4.78, 5) is 24.4. The fraction of sp³-hybridized carbons (Fsp3) is 0.421. The van der Waals surface area contributed by atoms with E-state index in [1.807, 2.05) is 0 Å². The summed E-state index contributed by atoms with van der Waals surface area (Å²) in [6.45, 7) is -0.408. The Labute approximate surface area is 170 Å². The van der Waals surface area contributed by atoms with E-state index < -0.39 is 35.8 Å². The molecule has 2 amide bonds. The molecule has 1 aliphatic carbocycles. The molecule has 156 valence electrons. The molecule has 29 heavy (non-hydrogen) atoms. The first-order chi connectivity index (χ1) is 13.8. The quantitative estimate of drug-likeness (QED) is 0.762. The number of amides is 2. The molecule has 0 atom stereocenters. The van der Waals surface area contributed by atoms with Crippen LogP contribution in [0.25, 0.3) is 5.69 Å². The third-order valence-electron chi connectivity index (χ3n) is 4.71. The highest BCUT2D eigenvalue weighted by molar-refractivity contribution is 6.30. The fourth-order valence-corrected chi connectivity index (χ4v) is 3.56. The van der Waals surface area contributed by atoms with Gasteiger partial charge in [-0.25, -0.2) is 4.68 Å². The maximum Gasteiger partial charge on any atom is 0.434 e. The summed E-state index contributed by atoms with van der Waals surface area (Å²) in [6.07, 6.45) is 0.895. The van der Waals surface area contributed by atoms with E-state index in [1.54, 1.807) is 0 Å². The molecule has 2 N–H and O–H groups in total. The van der Waals surface area contributed by atoms with Crippen molar-refractivity contribution < 1.29 is 22.8 Å². The summed E-state index contributed by atoms with van der Waals surface area (Å²) in [5.74, 6) is -1.45. The number of aromatic nitrogens is 2. The molecule has 3 rings (SSSR count). The van der Waals surface area contributed by atoms with Crippen LogP contribution >= 0.6 is 11.6 Å². The van der Waals surface area contributed by atoms with Crippen molar-refractivity contribution in [3.63, 3.8) is 0 Å². The Morgan fingerprint density at radius 3 is 2.59 bits per heavy atom. The first-order valence-electron chi connectivity index (χ1n) is 9.24. The fourth-order valence-electron chi connectivity index (χ4n) is 3.37. The second kappa shape index (κ2) is 8.86. The zero-order valence-electron chi connectivity index (χ0n) is 15.4. The first-order valence-corrected chi connectivity index (χ1v) is 9.62. The van der Waals surface area contributed by atoms with Crippen LogP contribution < -0.4 is 10.6 Å². The second-order valence-corrected chi connectivity index (χ2v) is 7.32. The summed E-state index contributed by atoms with van der Waals surface area (Å²) >= 11 is 5.85. The Kier molecular flexibility index (Phi) is 6.46. The van der Waals surface area contributed by atoms with Crippen molar-refractivity contribution in [2.45, 2.75) is 44.3 Å². The van der Waals surface area contributed by atoms with Crippen LogP contribution in [-0.4, -0.2) is 34.2 Å². The van der Waals surface area contributed by atoms with Gasteiger partial charge in [-0.05, 0) is 31.0 Å². The van der Waals surface area contributed by atoms with Gasteiger partial charge in [0.2, 0.25) is 5.91 Å². The lowest BCUT2D eigenvalue weighted by Gasteiger charge is -2.22. The van der Waals surface area contributed by atoms with Crippen molar-refractivity contribution in [2.75, 3.05) is 6.54 Å². The van der Waals surface area contributed by atoms with Crippen molar-refractivity contribution in [2.24, 2.45) is 0 Å². The van der Waals surface area contributed by atoms with Gasteiger partial charge in [0.1, 0.15) is 0 Å². The van der Waals surface area contributed by atoms with Crippen molar-refractivity contribution in [1.82, 2.24) is 20.4 Å². The molecule has 0 aliphatic heterocycles. The lowest BCUT2D eigenvalue weighted by molar-refractivity contribution is -0.143. The molecule has 0 unspecified atom stereocenters. The summed E-state index contributed by atoms with van der Waals surface area (Å²) in [5, 5.41) is 8.99. The number of rotatable bonds is 5. The molecule has 0 spiro atoms. The van der Waals surface area contributed by atoms with Crippen LogP contribution in [0, 0.1) is 0 Å². The van der Waals surface area contributed by atoms with E-state index in [2.05, 4.69) is 15.7 Å². The number of nitrogens with zero attached hydrogens (tertiary/aromatic N) is 2. The van der Waals surface area contributed by atoms with E-state index >= 15 is 0 Å². The van der Waals surface area contributed by atoms with Crippen LogP contribution in [0.1, 0.15) is 48.2 Å². The van der Waals surface area contributed by atoms with Crippen molar-refractivity contribution >= 4 is 23.4 Å². The molecule has 0 saturated heterocycles. The van der Waals surface area contributed by atoms with Crippen LogP contribution in [0.2, 0.25) is 5.02 Å². The van der Waals surface area contributed by atoms with E-state index in [0.29, 0.717) is 4.68 Å². The lowest BCUT2D eigenvalue weighted by atomic mass is 9.95. The topological polar surface area (TPSA) is 76.0 Å². The van der Waals surface area contributed by atoms with Gasteiger partial charge in [0.25, 0.3) is 5.91 Å². The molecule has 1 aromatic heterocycles. The smallest absolute Gasteiger partial charge is 0.352 e. The van der Waals surface area contributed by atoms with Crippen LogP contribution in [-0.2, 0) is 11.0 Å². The third-order valence-corrected chi connectivity index (χ3v) is 4.95. The normalized spacial score (nSPS) is 15.2. The number of benzene rings is 1. The van der Waals surface area contributed by atoms with Gasteiger partial charge in [-0.3, -0.25) is 9.59 Å². The van der Waals surface area contributed by atoms with E-state index in [1.165, 1.54) is 24.3 Å². The molecule has 6 nitrogen and oxygen atoms in total. The first kappa shape index (κ1) is 21.2. The zero-order valence-corrected chi connectivity index (χ0v) is 16.2. The predicted molar refractivity (Wildman–Crippen MR) is 101 cm³/mol. The molecule has 1 aromatic carbocycles. The van der Waals surface area contributed by atoms with Gasteiger partial charge in [-0.15, -0.1) is 0 Å². The third kappa shape index (κ3) is 5.29. The van der Waals surface area contributed by atoms with Crippen molar-refractivity contribution in [3.8, 4) is 5.69 Å².